The SMILES string of the molecule is C#CCCC(NN)c1ccc(Br)cc1OC. The molecule has 0 saturated heterocycles. The van der Waals surface area contributed by atoms with Gasteiger partial charge in [0.05, 0.1) is 13.2 Å². The van der Waals surface area contributed by atoms with E-state index >= 15 is 0 Å². The molecule has 86 valence electrons. The summed E-state index contributed by atoms with van der Waals surface area (Å²) in [6, 6.07) is 5.86. The van der Waals surface area contributed by atoms with Gasteiger partial charge in [-0.15, -0.1) is 12.3 Å². The summed E-state index contributed by atoms with van der Waals surface area (Å²) in [5, 5.41) is 0. The molecular weight excluding hydrogens is 268 g/mol. The number of nitrogens with two attached hydrogens (primary N) is 1. The Bertz CT molecular complexity index is 387. The Kier molecular flexibility index (Phi) is 5.33. The summed E-state index contributed by atoms with van der Waals surface area (Å²) in [5.74, 6) is 8.93. The number of methoxy groups -OCH3 is 1. The third-order valence-electron chi connectivity index (χ3n) is 2.35. The molecule has 0 fully saturated rings. The first-order valence-electron chi connectivity index (χ1n) is 4.96. The normalized spacial score (nSPS) is 11.9. The van der Waals surface area contributed by atoms with Crippen molar-refractivity contribution in [3.63, 3.8) is 0 Å². The number of hydrogen-bond donors (Lipinski definition) is 2. The Morgan fingerprint density at radius 2 is 2.38 bits per heavy atom. The first-order valence-corrected chi connectivity index (χ1v) is 5.75. The van der Waals surface area contributed by atoms with E-state index in [1.165, 1.54) is 0 Å². The van der Waals surface area contributed by atoms with Crippen LogP contribution in [-0.4, -0.2) is 7.11 Å². The fourth-order valence-electron chi connectivity index (χ4n) is 1.53. The Hall–Kier alpha value is -1.02. The summed E-state index contributed by atoms with van der Waals surface area (Å²) in [6.07, 6.45) is 6.70. The highest BCUT2D eigenvalue weighted by atomic mass is 79.9. The third-order valence-corrected chi connectivity index (χ3v) is 2.84. The Balaban J connectivity index is 2.95. The number of nitrogens with one attached hydrogen (secondary N) is 1. The minimum Gasteiger partial charge on any atom is -0.496 e. The van der Waals surface area contributed by atoms with E-state index in [1.54, 1.807) is 7.11 Å². The van der Waals surface area contributed by atoms with Crippen LogP contribution in [0, 0.1) is 12.3 Å². The molecule has 0 amide bonds. The van der Waals surface area contributed by atoms with Crippen LogP contribution in [0.4, 0.5) is 0 Å². The molecule has 1 atom stereocenters. The van der Waals surface area contributed by atoms with E-state index in [9.17, 15) is 0 Å². The average molecular weight is 283 g/mol. The van der Waals surface area contributed by atoms with Crippen LogP contribution in [0.15, 0.2) is 22.7 Å². The van der Waals surface area contributed by atoms with Crippen LogP contribution in [0.5, 0.6) is 5.75 Å². The Morgan fingerprint density at radius 3 is 2.94 bits per heavy atom. The molecule has 0 aliphatic heterocycles. The number of rotatable bonds is 5. The summed E-state index contributed by atoms with van der Waals surface area (Å²) in [7, 11) is 1.64. The molecule has 0 bridgehead atoms. The van der Waals surface area contributed by atoms with Gasteiger partial charge in [-0.3, -0.25) is 11.3 Å². The van der Waals surface area contributed by atoms with Gasteiger partial charge in [-0.2, -0.15) is 0 Å². The maximum Gasteiger partial charge on any atom is 0.124 e. The highest BCUT2D eigenvalue weighted by Crippen LogP contribution is 2.30. The predicted molar refractivity (Wildman–Crippen MR) is 68.8 cm³/mol. The van der Waals surface area contributed by atoms with E-state index < -0.39 is 0 Å². The Morgan fingerprint density at radius 1 is 1.62 bits per heavy atom. The minimum absolute atomic E-state index is 0.0131. The largest absolute Gasteiger partial charge is 0.496 e. The number of halogens is 1. The van der Waals surface area contributed by atoms with Gasteiger partial charge in [0.1, 0.15) is 5.75 Å². The van der Waals surface area contributed by atoms with Crippen molar-refractivity contribution in [3.05, 3.63) is 28.2 Å². The maximum atomic E-state index is 5.52. The monoisotopic (exact) mass is 282 g/mol. The lowest BCUT2D eigenvalue weighted by Crippen LogP contribution is -2.28. The number of hydrogen-bond acceptors (Lipinski definition) is 3. The van der Waals surface area contributed by atoms with Crippen molar-refractivity contribution in [1.29, 1.82) is 0 Å². The molecule has 0 saturated carbocycles. The molecule has 1 aromatic carbocycles. The van der Waals surface area contributed by atoms with Gasteiger partial charge in [-0.25, -0.2) is 0 Å². The number of terminal acetylenes is 1. The van der Waals surface area contributed by atoms with Gasteiger partial charge in [0.2, 0.25) is 0 Å². The van der Waals surface area contributed by atoms with Crippen LogP contribution in [-0.2, 0) is 0 Å². The molecule has 0 spiro atoms. The lowest BCUT2D eigenvalue weighted by atomic mass is 10.0. The van der Waals surface area contributed by atoms with Crippen LogP contribution in [0.3, 0.4) is 0 Å². The van der Waals surface area contributed by atoms with Gasteiger partial charge in [0, 0.05) is 16.5 Å². The molecule has 4 heteroatoms. The van der Waals surface area contributed by atoms with Crippen molar-refractivity contribution >= 4 is 15.9 Å². The Labute approximate surface area is 104 Å². The molecule has 1 aromatic rings. The molecule has 0 heterocycles. The topological polar surface area (TPSA) is 47.3 Å². The molecule has 0 aliphatic carbocycles. The first-order chi connectivity index (χ1) is 7.72. The summed E-state index contributed by atoms with van der Waals surface area (Å²) < 4.78 is 6.28. The van der Waals surface area contributed by atoms with E-state index in [0.29, 0.717) is 6.42 Å². The van der Waals surface area contributed by atoms with E-state index in [0.717, 1.165) is 22.2 Å². The van der Waals surface area contributed by atoms with Crippen molar-refractivity contribution < 1.29 is 4.74 Å². The molecule has 3 nitrogen and oxygen atoms in total. The number of benzene rings is 1. The molecular formula is C12H15BrN2O. The van der Waals surface area contributed by atoms with Crippen molar-refractivity contribution in [2.75, 3.05) is 7.11 Å². The summed E-state index contributed by atoms with van der Waals surface area (Å²) in [4.78, 5) is 0. The second-order valence-electron chi connectivity index (χ2n) is 3.35. The zero-order valence-corrected chi connectivity index (χ0v) is 10.8. The fourth-order valence-corrected chi connectivity index (χ4v) is 1.87. The van der Waals surface area contributed by atoms with Gasteiger partial charge >= 0.3 is 0 Å². The van der Waals surface area contributed by atoms with Crippen molar-refractivity contribution in [2.45, 2.75) is 18.9 Å². The summed E-state index contributed by atoms with van der Waals surface area (Å²) in [5.41, 5.74) is 3.77. The van der Waals surface area contributed by atoms with Crippen LogP contribution >= 0.6 is 15.9 Å². The lowest BCUT2D eigenvalue weighted by Gasteiger charge is -2.18. The molecule has 16 heavy (non-hydrogen) atoms. The van der Waals surface area contributed by atoms with Gasteiger partial charge in [0.25, 0.3) is 0 Å². The molecule has 0 radical (unpaired) electrons. The number of ether oxygens (including phenoxy) is 1. The standard InChI is InChI=1S/C12H15BrN2O/c1-3-4-5-11(15-14)10-7-6-9(13)8-12(10)16-2/h1,6-8,11,15H,4-5,14H2,2H3. The van der Waals surface area contributed by atoms with Crippen molar-refractivity contribution in [3.8, 4) is 18.1 Å². The first kappa shape index (κ1) is 13.0. The summed E-state index contributed by atoms with van der Waals surface area (Å²) >= 11 is 3.40. The van der Waals surface area contributed by atoms with Gasteiger partial charge in [-0.1, -0.05) is 22.0 Å². The minimum atomic E-state index is 0.0131. The molecule has 1 rings (SSSR count). The molecule has 3 N–H and O–H groups in total. The quantitative estimate of drug-likeness (QED) is 0.495. The molecule has 0 aromatic heterocycles. The number of hydrazine groups is 1. The van der Waals surface area contributed by atoms with E-state index in [-0.39, 0.29) is 6.04 Å². The van der Waals surface area contributed by atoms with Crippen molar-refractivity contribution in [1.82, 2.24) is 5.43 Å². The highest BCUT2D eigenvalue weighted by molar-refractivity contribution is 9.10. The second kappa shape index (κ2) is 6.54. The van der Waals surface area contributed by atoms with E-state index in [4.69, 9.17) is 17.0 Å². The van der Waals surface area contributed by atoms with Crippen molar-refractivity contribution in [2.24, 2.45) is 5.84 Å². The smallest absolute Gasteiger partial charge is 0.124 e. The third kappa shape index (κ3) is 3.24. The van der Waals surface area contributed by atoms with E-state index in [1.807, 2.05) is 18.2 Å². The zero-order valence-electron chi connectivity index (χ0n) is 9.16. The van der Waals surface area contributed by atoms with Gasteiger partial charge in [0.15, 0.2) is 0 Å². The summed E-state index contributed by atoms with van der Waals surface area (Å²) in [6.45, 7) is 0. The fraction of sp³-hybridized carbons (Fsp3) is 0.333. The molecule has 1 unspecified atom stereocenters. The maximum absolute atomic E-state index is 5.52. The van der Waals surface area contributed by atoms with E-state index in [2.05, 4.69) is 27.3 Å². The van der Waals surface area contributed by atoms with Crippen LogP contribution in [0.1, 0.15) is 24.4 Å². The van der Waals surface area contributed by atoms with Crippen LogP contribution < -0.4 is 16.0 Å². The van der Waals surface area contributed by atoms with Gasteiger partial charge in [-0.05, 0) is 18.6 Å². The lowest BCUT2D eigenvalue weighted by molar-refractivity contribution is 0.396. The van der Waals surface area contributed by atoms with Crippen LogP contribution in [0.25, 0.3) is 0 Å². The molecule has 0 aliphatic rings. The van der Waals surface area contributed by atoms with Gasteiger partial charge < -0.3 is 4.74 Å². The zero-order chi connectivity index (χ0) is 12.0. The van der Waals surface area contributed by atoms with Crippen LogP contribution in [0.2, 0.25) is 0 Å². The predicted octanol–water partition coefficient (Wildman–Crippen LogP) is 2.38. The highest BCUT2D eigenvalue weighted by Gasteiger charge is 2.14. The second-order valence-corrected chi connectivity index (χ2v) is 4.26. The average Bonchev–Trinajstić information content (AvgIpc) is 2.31.